The van der Waals surface area contributed by atoms with Gasteiger partial charge in [-0.3, -0.25) is 0 Å². The molecule has 0 aromatic heterocycles. The van der Waals surface area contributed by atoms with Gasteiger partial charge in [0.15, 0.2) is 0 Å². The van der Waals surface area contributed by atoms with Gasteiger partial charge in [0.2, 0.25) is 0 Å². The van der Waals surface area contributed by atoms with Crippen LogP contribution in [0.15, 0.2) is 121 Å². The van der Waals surface area contributed by atoms with E-state index in [0.717, 1.165) is 11.1 Å². The van der Waals surface area contributed by atoms with Crippen LogP contribution in [-0.2, 0) is 0 Å². The molecule has 4 aromatic rings. The van der Waals surface area contributed by atoms with Crippen molar-refractivity contribution in [2.75, 3.05) is 0 Å². The topological polar surface area (TPSA) is 0 Å². The van der Waals surface area contributed by atoms with Crippen molar-refractivity contribution in [1.82, 2.24) is 0 Å². The van der Waals surface area contributed by atoms with Gasteiger partial charge in [0.05, 0.1) is 0 Å². The molecule has 0 aliphatic carbocycles. The van der Waals surface area contributed by atoms with Crippen molar-refractivity contribution in [3.63, 3.8) is 0 Å². The predicted octanol–water partition coefficient (Wildman–Crippen LogP) is 6.94. The molecule has 0 fully saturated rings. The van der Waals surface area contributed by atoms with Crippen molar-refractivity contribution < 1.29 is 0 Å². The van der Waals surface area contributed by atoms with E-state index in [-0.39, 0.29) is 0 Å². The summed E-state index contributed by atoms with van der Waals surface area (Å²) in [6.07, 6.45) is 4.24. The third-order valence-corrected chi connectivity index (χ3v) is 3.97. The van der Waals surface area contributed by atoms with Gasteiger partial charge in [-0.1, -0.05) is 121 Å². The lowest BCUT2D eigenvalue weighted by Crippen LogP contribution is -1.73. The highest BCUT2D eigenvalue weighted by molar-refractivity contribution is 5.69. The van der Waals surface area contributed by atoms with Crippen LogP contribution < -0.4 is 0 Å². The molecular weight excluding hydrogens is 336 g/mol. The van der Waals surface area contributed by atoms with Gasteiger partial charge in [-0.15, -0.1) is 0 Å². The van der Waals surface area contributed by atoms with Crippen molar-refractivity contribution in [2.45, 2.75) is 0 Å². The molecule has 0 saturated heterocycles. The van der Waals surface area contributed by atoms with Crippen LogP contribution >= 0.6 is 0 Å². The summed E-state index contributed by atoms with van der Waals surface area (Å²) < 4.78 is 0. The van der Waals surface area contributed by atoms with E-state index in [1.165, 1.54) is 11.1 Å². The molecule has 0 heterocycles. The zero-order valence-corrected chi connectivity index (χ0v) is 15.7. The molecule has 0 heteroatoms. The second-order valence-corrected chi connectivity index (χ2v) is 6.14. The Hall–Kier alpha value is -3.82. The maximum absolute atomic E-state index is 3.11. The number of hydrogen-bond acceptors (Lipinski definition) is 0. The van der Waals surface area contributed by atoms with E-state index in [9.17, 15) is 0 Å². The van der Waals surface area contributed by atoms with E-state index in [4.69, 9.17) is 0 Å². The first-order valence-corrected chi connectivity index (χ1v) is 9.30. The summed E-state index contributed by atoms with van der Waals surface area (Å²) in [6.45, 7) is 0. The molecule has 0 nitrogen and oxygen atoms in total. The van der Waals surface area contributed by atoms with Crippen LogP contribution in [0, 0.1) is 11.8 Å². The first kappa shape index (κ1) is 19.0. The summed E-state index contributed by atoms with van der Waals surface area (Å²) in [5.41, 5.74) is 4.57. The maximum atomic E-state index is 3.11. The van der Waals surface area contributed by atoms with Crippen LogP contribution in [0.3, 0.4) is 0 Å². The van der Waals surface area contributed by atoms with Crippen LogP contribution in [0.5, 0.6) is 0 Å². The van der Waals surface area contributed by atoms with E-state index in [1.807, 2.05) is 97.1 Å². The van der Waals surface area contributed by atoms with Gasteiger partial charge in [-0.2, -0.15) is 0 Å². The molecular formula is C28H22. The number of benzene rings is 4. The van der Waals surface area contributed by atoms with Crippen LogP contribution in [0.2, 0.25) is 0 Å². The quantitative estimate of drug-likeness (QED) is 0.269. The third-order valence-electron chi connectivity index (χ3n) is 3.97. The fourth-order valence-electron chi connectivity index (χ4n) is 2.51. The van der Waals surface area contributed by atoms with E-state index >= 15 is 0 Å². The van der Waals surface area contributed by atoms with E-state index < -0.39 is 0 Å². The lowest BCUT2D eigenvalue weighted by molar-refractivity contribution is 1.62. The van der Waals surface area contributed by atoms with E-state index in [1.54, 1.807) is 0 Å². The molecule has 0 aliphatic rings. The fraction of sp³-hybridized carbons (Fsp3) is 0. The van der Waals surface area contributed by atoms with E-state index in [0.29, 0.717) is 0 Å². The van der Waals surface area contributed by atoms with Gasteiger partial charge in [-0.05, 0) is 35.4 Å². The van der Waals surface area contributed by atoms with Gasteiger partial charge in [-0.25, -0.2) is 0 Å². The summed E-state index contributed by atoms with van der Waals surface area (Å²) in [4.78, 5) is 0. The number of rotatable bonds is 2. The Morgan fingerprint density at radius 1 is 0.357 bits per heavy atom. The Morgan fingerprint density at radius 2 is 0.643 bits per heavy atom. The molecule has 134 valence electrons. The summed E-state index contributed by atoms with van der Waals surface area (Å²) in [6, 6.07) is 40.6. The lowest BCUT2D eigenvalue weighted by atomic mass is 10.1. The molecule has 28 heavy (non-hydrogen) atoms. The Bertz CT molecular complexity index is 935. The smallest absolute Gasteiger partial charge is 0.0249 e. The van der Waals surface area contributed by atoms with Gasteiger partial charge in [0.1, 0.15) is 0 Å². The Kier molecular flexibility index (Phi) is 7.46. The minimum atomic E-state index is 1.05. The second-order valence-electron chi connectivity index (χ2n) is 6.14. The zero-order valence-electron chi connectivity index (χ0n) is 15.7. The largest absolute Gasteiger partial charge is 0.0622 e. The first-order chi connectivity index (χ1) is 13.9. The van der Waals surface area contributed by atoms with Crippen molar-refractivity contribution in [2.24, 2.45) is 0 Å². The van der Waals surface area contributed by atoms with Gasteiger partial charge in [0.25, 0.3) is 0 Å². The molecule has 0 atom stereocenters. The average molecular weight is 358 g/mol. The second kappa shape index (κ2) is 11.0. The minimum absolute atomic E-state index is 1.05. The number of hydrogen-bond donors (Lipinski definition) is 0. The molecule has 0 spiro atoms. The van der Waals surface area contributed by atoms with Crippen molar-refractivity contribution in [3.8, 4) is 11.8 Å². The highest BCUT2D eigenvalue weighted by atomic mass is 13.9. The summed E-state index contributed by atoms with van der Waals surface area (Å²) in [5, 5.41) is 0. The molecule has 4 aromatic carbocycles. The summed E-state index contributed by atoms with van der Waals surface area (Å²) in [7, 11) is 0. The molecule has 0 unspecified atom stereocenters. The first-order valence-electron chi connectivity index (χ1n) is 9.30. The fourth-order valence-corrected chi connectivity index (χ4v) is 2.51. The van der Waals surface area contributed by atoms with Gasteiger partial charge in [0, 0.05) is 11.1 Å². The predicted molar refractivity (Wildman–Crippen MR) is 121 cm³/mol. The SMILES string of the molecule is C(#Cc1ccccc1)c1ccccc1.C(=Cc1ccccc1)c1ccccc1. The summed E-state index contributed by atoms with van der Waals surface area (Å²) in [5.74, 6) is 6.22. The molecule has 0 N–H and O–H groups in total. The summed E-state index contributed by atoms with van der Waals surface area (Å²) >= 11 is 0. The Balaban J connectivity index is 0.000000161. The van der Waals surface area contributed by atoms with Crippen LogP contribution in [0.25, 0.3) is 12.2 Å². The van der Waals surface area contributed by atoms with Crippen molar-refractivity contribution in [1.29, 1.82) is 0 Å². The molecule has 0 radical (unpaired) electrons. The Labute approximate surface area is 167 Å². The van der Waals surface area contributed by atoms with Crippen molar-refractivity contribution >= 4 is 12.2 Å². The van der Waals surface area contributed by atoms with Crippen LogP contribution in [-0.4, -0.2) is 0 Å². The normalized spacial score (nSPS) is 9.71. The van der Waals surface area contributed by atoms with Crippen LogP contribution in [0.4, 0.5) is 0 Å². The molecule has 0 saturated carbocycles. The zero-order chi connectivity index (χ0) is 19.3. The van der Waals surface area contributed by atoms with E-state index in [2.05, 4.69) is 48.3 Å². The maximum Gasteiger partial charge on any atom is 0.0249 e. The average Bonchev–Trinajstić information content (AvgIpc) is 2.80. The minimum Gasteiger partial charge on any atom is -0.0622 e. The molecule has 0 aliphatic heterocycles. The van der Waals surface area contributed by atoms with Gasteiger partial charge >= 0.3 is 0 Å². The highest BCUT2D eigenvalue weighted by Gasteiger charge is 1.85. The highest BCUT2D eigenvalue weighted by Crippen LogP contribution is 2.07. The van der Waals surface area contributed by atoms with Gasteiger partial charge < -0.3 is 0 Å². The molecule has 0 amide bonds. The Morgan fingerprint density at radius 3 is 0.964 bits per heavy atom. The van der Waals surface area contributed by atoms with Crippen molar-refractivity contribution in [3.05, 3.63) is 144 Å². The monoisotopic (exact) mass is 358 g/mol. The standard InChI is InChI=1S/C14H12.C14H10/c2*1-3-7-13(8-4-1)11-12-14-9-5-2-6-10-14/h1-12H;1-10H. The third kappa shape index (κ3) is 6.83. The van der Waals surface area contributed by atoms with Crippen LogP contribution in [0.1, 0.15) is 22.3 Å². The lowest BCUT2D eigenvalue weighted by Gasteiger charge is -1.92. The molecule has 4 rings (SSSR count). The molecule has 0 bridgehead atoms.